The maximum absolute atomic E-state index is 11.7. The van der Waals surface area contributed by atoms with Crippen LogP contribution in [0.2, 0.25) is 0 Å². The van der Waals surface area contributed by atoms with Crippen LogP contribution in [0.25, 0.3) is 0 Å². The highest BCUT2D eigenvalue weighted by Gasteiger charge is 2.28. The van der Waals surface area contributed by atoms with Crippen molar-refractivity contribution in [1.82, 2.24) is 14.9 Å². The number of carbonyl (C=O) groups is 1. The van der Waals surface area contributed by atoms with E-state index in [-0.39, 0.29) is 11.9 Å². The fraction of sp³-hybridized carbons (Fsp3) is 0.500. The Labute approximate surface area is 98.6 Å². The van der Waals surface area contributed by atoms with Gasteiger partial charge in [0.05, 0.1) is 0 Å². The summed E-state index contributed by atoms with van der Waals surface area (Å²) < 4.78 is 0. The second kappa shape index (κ2) is 4.69. The fourth-order valence-electron chi connectivity index (χ4n) is 1.66. The molecule has 16 heavy (non-hydrogen) atoms. The van der Waals surface area contributed by atoms with Crippen molar-refractivity contribution in [3.8, 4) is 0 Å². The van der Waals surface area contributed by atoms with Gasteiger partial charge in [-0.1, -0.05) is 0 Å². The van der Waals surface area contributed by atoms with Crippen molar-refractivity contribution >= 4 is 23.5 Å². The zero-order valence-electron chi connectivity index (χ0n) is 9.30. The van der Waals surface area contributed by atoms with Crippen LogP contribution < -0.4 is 5.32 Å². The highest BCUT2D eigenvalue weighted by Crippen LogP contribution is 2.17. The van der Waals surface area contributed by atoms with Gasteiger partial charge >= 0.3 is 0 Å². The zero-order chi connectivity index (χ0) is 11.5. The van der Waals surface area contributed by atoms with Crippen molar-refractivity contribution in [2.45, 2.75) is 17.5 Å². The van der Waals surface area contributed by atoms with Gasteiger partial charge in [0.15, 0.2) is 0 Å². The quantitative estimate of drug-likeness (QED) is 0.624. The third-order valence-electron chi connectivity index (χ3n) is 2.60. The molecule has 1 aliphatic heterocycles. The maximum Gasteiger partial charge on any atom is 0.244 e. The SMILES string of the molecule is CSc1cc(NC2CCN(C)C2=O)ncn1. The van der Waals surface area contributed by atoms with Gasteiger partial charge in [0.25, 0.3) is 0 Å². The number of aromatic nitrogens is 2. The molecule has 0 spiro atoms. The number of thioether (sulfide) groups is 1. The Morgan fingerprint density at radius 2 is 2.38 bits per heavy atom. The average Bonchev–Trinajstić information content (AvgIpc) is 2.61. The predicted octanol–water partition coefficient (Wildman–Crippen LogP) is 0.841. The van der Waals surface area contributed by atoms with E-state index >= 15 is 0 Å². The summed E-state index contributed by atoms with van der Waals surface area (Å²) >= 11 is 1.56. The van der Waals surface area contributed by atoms with Crippen LogP contribution in [0.4, 0.5) is 5.82 Å². The number of likely N-dealkylation sites (N-methyl/N-ethyl adjacent to an activating group) is 1. The lowest BCUT2D eigenvalue weighted by Crippen LogP contribution is -2.31. The third kappa shape index (κ3) is 2.27. The molecule has 1 unspecified atom stereocenters. The molecule has 5 nitrogen and oxygen atoms in total. The van der Waals surface area contributed by atoms with Gasteiger partial charge in [0.2, 0.25) is 5.91 Å². The van der Waals surface area contributed by atoms with E-state index in [1.807, 2.05) is 19.4 Å². The number of hydrogen-bond donors (Lipinski definition) is 1. The first-order valence-corrected chi connectivity index (χ1v) is 6.30. The number of rotatable bonds is 3. The summed E-state index contributed by atoms with van der Waals surface area (Å²) in [6.45, 7) is 0.803. The molecule has 6 heteroatoms. The smallest absolute Gasteiger partial charge is 0.244 e. The van der Waals surface area contributed by atoms with Crippen LogP contribution in [0.15, 0.2) is 17.4 Å². The summed E-state index contributed by atoms with van der Waals surface area (Å²) in [5.41, 5.74) is 0. The number of nitrogens with one attached hydrogen (secondary N) is 1. The van der Waals surface area contributed by atoms with Crippen LogP contribution in [0.1, 0.15) is 6.42 Å². The molecule has 1 fully saturated rings. The van der Waals surface area contributed by atoms with E-state index in [1.165, 1.54) is 6.33 Å². The van der Waals surface area contributed by atoms with E-state index in [0.717, 1.165) is 18.0 Å². The Hall–Kier alpha value is -1.30. The minimum Gasteiger partial charge on any atom is -0.358 e. The average molecular weight is 238 g/mol. The molecule has 0 saturated carbocycles. The topological polar surface area (TPSA) is 58.1 Å². The highest BCUT2D eigenvalue weighted by atomic mass is 32.2. The van der Waals surface area contributed by atoms with Crippen LogP contribution in [-0.2, 0) is 4.79 Å². The Bertz CT molecular complexity index is 398. The van der Waals surface area contributed by atoms with Gasteiger partial charge in [-0.3, -0.25) is 4.79 Å². The molecule has 1 atom stereocenters. The minimum absolute atomic E-state index is 0.129. The standard InChI is InChI=1S/C10H14N4OS/c1-14-4-3-7(10(14)15)13-8-5-9(16-2)12-6-11-8/h5-7H,3-4H2,1-2H3,(H,11,12,13). The van der Waals surface area contributed by atoms with Crippen molar-refractivity contribution in [2.24, 2.45) is 0 Å². The predicted molar refractivity (Wildman–Crippen MR) is 63.5 cm³/mol. The molecule has 2 rings (SSSR count). The Balaban J connectivity index is 2.06. The van der Waals surface area contributed by atoms with Crippen LogP contribution in [0.5, 0.6) is 0 Å². The zero-order valence-corrected chi connectivity index (χ0v) is 10.1. The summed E-state index contributed by atoms with van der Waals surface area (Å²) in [7, 11) is 1.82. The molecule has 0 aliphatic carbocycles. The van der Waals surface area contributed by atoms with Crippen molar-refractivity contribution < 1.29 is 4.79 Å². The van der Waals surface area contributed by atoms with Gasteiger partial charge in [-0.05, 0) is 12.7 Å². The summed E-state index contributed by atoms with van der Waals surface area (Å²) in [6, 6.07) is 1.71. The molecular formula is C10H14N4OS. The van der Waals surface area contributed by atoms with Crippen molar-refractivity contribution in [2.75, 3.05) is 25.2 Å². The van der Waals surface area contributed by atoms with Crippen LogP contribution in [-0.4, -0.2) is 46.7 Å². The third-order valence-corrected chi connectivity index (χ3v) is 3.24. The second-order valence-electron chi connectivity index (χ2n) is 3.69. The number of amides is 1. The molecule has 1 aromatic heterocycles. The van der Waals surface area contributed by atoms with Gasteiger partial charge in [-0.2, -0.15) is 0 Å². The Morgan fingerprint density at radius 3 is 3.00 bits per heavy atom. The number of anilines is 1. The summed E-state index contributed by atoms with van der Waals surface area (Å²) in [4.78, 5) is 21.6. The number of likely N-dealkylation sites (tertiary alicyclic amines) is 1. The summed E-state index contributed by atoms with van der Waals surface area (Å²) in [6.07, 6.45) is 4.30. The highest BCUT2D eigenvalue weighted by molar-refractivity contribution is 7.98. The van der Waals surface area contributed by atoms with E-state index in [1.54, 1.807) is 16.7 Å². The molecule has 0 radical (unpaired) electrons. The molecule has 1 aliphatic rings. The lowest BCUT2D eigenvalue weighted by molar-refractivity contribution is -0.127. The molecule has 0 aromatic carbocycles. The van der Waals surface area contributed by atoms with Gasteiger partial charge in [-0.25, -0.2) is 9.97 Å². The lowest BCUT2D eigenvalue weighted by atomic mass is 10.2. The number of carbonyl (C=O) groups excluding carboxylic acids is 1. The first-order valence-electron chi connectivity index (χ1n) is 5.08. The molecule has 1 N–H and O–H groups in total. The second-order valence-corrected chi connectivity index (χ2v) is 4.52. The van der Waals surface area contributed by atoms with Gasteiger partial charge < -0.3 is 10.2 Å². The van der Waals surface area contributed by atoms with Crippen molar-refractivity contribution in [1.29, 1.82) is 0 Å². The Kier molecular flexibility index (Phi) is 3.28. The van der Waals surface area contributed by atoms with E-state index in [2.05, 4.69) is 15.3 Å². The van der Waals surface area contributed by atoms with E-state index in [4.69, 9.17) is 0 Å². The molecule has 0 bridgehead atoms. The molecular weight excluding hydrogens is 224 g/mol. The first-order chi connectivity index (χ1) is 7.70. The lowest BCUT2D eigenvalue weighted by Gasteiger charge is -2.12. The largest absolute Gasteiger partial charge is 0.358 e. The van der Waals surface area contributed by atoms with E-state index < -0.39 is 0 Å². The van der Waals surface area contributed by atoms with Gasteiger partial charge in [0.1, 0.15) is 23.2 Å². The van der Waals surface area contributed by atoms with Crippen LogP contribution in [0, 0.1) is 0 Å². The molecule has 1 saturated heterocycles. The molecule has 1 aromatic rings. The van der Waals surface area contributed by atoms with Crippen molar-refractivity contribution in [3.63, 3.8) is 0 Å². The van der Waals surface area contributed by atoms with Crippen LogP contribution >= 0.6 is 11.8 Å². The number of nitrogens with zero attached hydrogens (tertiary/aromatic N) is 3. The normalized spacial score (nSPS) is 20.2. The summed E-state index contributed by atoms with van der Waals surface area (Å²) in [5.74, 6) is 0.845. The molecule has 86 valence electrons. The molecule has 1 amide bonds. The molecule has 2 heterocycles. The van der Waals surface area contributed by atoms with E-state index in [9.17, 15) is 4.79 Å². The van der Waals surface area contributed by atoms with Gasteiger partial charge in [0, 0.05) is 19.7 Å². The minimum atomic E-state index is -0.144. The fourth-order valence-corrected chi connectivity index (χ4v) is 2.05. The van der Waals surface area contributed by atoms with Crippen molar-refractivity contribution in [3.05, 3.63) is 12.4 Å². The van der Waals surface area contributed by atoms with Crippen LogP contribution in [0.3, 0.4) is 0 Å². The number of hydrogen-bond acceptors (Lipinski definition) is 5. The first kappa shape index (κ1) is 11.2. The monoisotopic (exact) mass is 238 g/mol. The Morgan fingerprint density at radius 1 is 1.56 bits per heavy atom. The maximum atomic E-state index is 11.7. The summed E-state index contributed by atoms with van der Waals surface area (Å²) in [5, 5.41) is 4.04. The van der Waals surface area contributed by atoms with Gasteiger partial charge in [-0.15, -0.1) is 11.8 Å². The van der Waals surface area contributed by atoms with E-state index in [0.29, 0.717) is 5.82 Å².